The van der Waals surface area contributed by atoms with Crippen molar-refractivity contribution < 1.29 is 14.2 Å². The first kappa shape index (κ1) is 16.5. The lowest BCUT2D eigenvalue weighted by Crippen LogP contribution is -2.06. The van der Waals surface area contributed by atoms with Crippen molar-refractivity contribution in [2.75, 3.05) is 45.2 Å². The molecule has 0 spiro atoms. The maximum absolute atomic E-state index is 5.46. The summed E-state index contributed by atoms with van der Waals surface area (Å²) in [7, 11) is 4.76. The van der Waals surface area contributed by atoms with Crippen molar-refractivity contribution in [1.29, 1.82) is 0 Å². The molecule has 1 aromatic heterocycles. The molecule has 22 heavy (non-hydrogen) atoms. The fourth-order valence-electron chi connectivity index (χ4n) is 2.23. The number of nitrogens with zero attached hydrogens (tertiary/aromatic N) is 2. The van der Waals surface area contributed by atoms with Crippen LogP contribution in [-0.2, 0) is 0 Å². The van der Waals surface area contributed by atoms with E-state index in [1.165, 1.54) is 6.33 Å². The molecule has 7 heteroatoms. The van der Waals surface area contributed by atoms with E-state index >= 15 is 0 Å². The molecule has 120 valence electrons. The van der Waals surface area contributed by atoms with Gasteiger partial charge in [0.15, 0.2) is 11.5 Å². The van der Waals surface area contributed by atoms with Crippen LogP contribution in [0.25, 0.3) is 10.9 Å². The number of aromatic nitrogens is 2. The fraction of sp³-hybridized carbons (Fsp3) is 0.467. The minimum Gasteiger partial charge on any atom is -0.493 e. The van der Waals surface area contributed by atoms with Crippen LogP contribution < -0.4 is 19.5 Å². The Morgan fingerprint density at radius 2 is 1.86 bits per heavy atom. The molecule has 0 saturated carbocycles. The maximum atomic E-state index is 5.46. The Morgan fingerprint density at radius 3 is 2.50 bits per heavy atom. The molecule has 0 amide bonds. The number of methoxy groups -OCH3 is 3. The topological polar surface area (TPSA) is 65.5 Å². The van der Waals surface area contributed by atoms with Crippen molar-refractivity contribution in [2.24, 2.45) is 0 Å². The molecule has 0 unspecified atom stereocenters. The summed E-state index contributed by atoms with van der Waals surface area (Å²) < 4.78 is 16.2. The molecule has 6 nitrogen and oxygen atoms in total. The van der Waals surface area contributed by atoms with E-state index in [-0.39, 0.29) is 0 Å². The summed E-state index contributed by atoms with van der Waals surface area (Å²) in [5, 5.41) is 4.19. The molecule has 2 aromatic rings. The van der Waals surface area contributed by atoms with E-state index in [0.717, 1.165) is 29.9 Å². The van der Waals surface area contributed by atoms with Crippen LogP contribution in [0.1, 0.15) is 6.42 Å². The molecule has 0 fully saturated rings. The summed E-state index contributed by atoms with van der Waals surface area (Å²) in [5.74, 6) is 3.55. The smallest absolute Gasteiger partial charge is 0.205 e. The van der Waals surface area contributed by atoms with Gasteiger partial charge >= 0.3 is 0 Å². The molecule has 0 bridgehead atoms. The molecule has 1 heterocycles. The van der Waals surface area contributed by atoms with Crippen LogP contribution in [0.2, 0.25) is 0 Å². The molecule has 1 N–H and O–H groups in total. The van der Waals surface area contributed by atoms with Crippen LogP contribution in [-0.4, -0.2) is 49.9 Å². The highest BCUT2D eigenvalue weighted by atomic mass is 32.2. The van der Waals surface area contributed by atoms with E-state index in [4.69, 9.17) is 14.2 Å². The Bertz CT molecular complexity index is 637. The summed E-state index contributed by atoms with van der Waals surface area (Å²) in [4.78, 5) is 8.66. The molecule has 2 rings (SSSR count). The summed E-state index contributed by atoms with van der Waals surface area (Å²) in [6, 6.07) is 1.87. The van der Waals surface area contributed by atoms with Crippen LogP contribution >= 0.6 is 11.8 Å². The van der Waals surface area contributed by atoms with Crippen molar-refractivity contribution in [3.05, 3.63) is 12.4 Å². The lowest BCUT2D eigenvalue weighted by atomic mass is 10.2. The molecule has 0 aliphatic rings. The van der Waals surface area contributed by atoms with Gasteiger partial charge in [-0.25, -0.2) is 9.97 Å². The third-order valence-electron chi connectivity index (χ3n) is 3.25. The third-order valence-corrected chi connectivity index (χ3v) is 3.95. The first-order valence-corrected chi connectivity index (χ1v) is 8.32. The van der Waals surface area contributed by atoms with Crippen molar-refractivity contribution >= 4 is 28.5 Å². The number of hydrogen-bond donors (Lipinski definition) is 1. The van der Waals surface area contributed by atoms with E-state index in [1.54, 1.807) is 21.3 Å². The monoisotopic (exact) mass is 323 g/mol. The SMILES string of the molecule is COc1cc2c(NCCCSC)ncnc2c(OC)c1OC. The van der Waals surface area contributed by atoms with Crippen molar-refractivity contribution in [3.63, 3.8) is 0 Å². The zero-order valence-corrected chi connectivity index (χ0v) is 14.1. The average molecular weight is 323 g/mol. The Kier molecular flexibility index (Phi) is 5.94. The van der Waals surface area contributed by atoms with E-state index in [1.807, 2.05) is 17.8 Å². The molecular formula is C15H21N3O3S. The minimum absolute atomic E-state index is 0.532. The number of benzene rings is 1. The van der Waals surface area contributed by atoms with Crippen molar-refractivity contribution in [3.8, 4) is 17.2 Å². The second-order valence-corrected chi connectivity index (χ2v) is 5.52. The van der Waals surface area contributed by atoms with Gasteiger partial charge < -0.3 is 19.5 Å². The van der Waals surface area contributed by atoms with Crippen LogP contribution in [0.3, 0.4) is 0 Å². The minimum atomic E-state index is 0.532. The second-order valence-electron chi connectivity index (χ2n) is 4.54. The standard InChI is InChI=1S/C15H21N3O3S/c1-19-11-8-10-12(14(21-3)13(11)20-2)17-9-18-15(10)16-6-5-7-22-4/h8-9H,5-7H2,1-4H3,(H,16,17,18). The van der Waals surface area contributed by atoms with Gasteiger partial charge in [0.05, 0.1) is 26.7 Å². The molecule has 0 radical (unpaired) electrons. The Morgan fingerprint density at radius 1 is 1.09 bits per heavy atom. The van der Waals surface area contributed by atoms with Gasteiger partial charge in [-0.3, -0.25) is 0 Å². The second kappa shape index (κ2) is 7.93. The van der Waals surface area contributed by atoms with E-state index in [2.05, 4.69) is 21.5 Å². The first-order valence-electron chi connectivity index (χ1n) is 6.93. The van der Waals surface area contributed by atoms with E-state index in [0.29, 0.717) is 22.8 Å². The number of hydrogen-bond acceptors (Lipinski definition) is 7. The predicted molar refractivity (Wildman–Crippen MR) is 90.7 cm³/mol. The van der Waals surface area contributed by atoms with Crippen LogP contribution in [0.15, 0.2) is 12.4 Å². The van der Waals surface area contributed by atoms with E-state index < -0.39 is 0 Å². The zero-order chi connectivity index (χ0) is 15.9. The van der Waals surface area contributed by atoms with Crippen LogP contribution in [0.4, 0.5) is 5.82 Å². The number of rotatable bonds is 8. The highest BCUT2D eigenvalue weighted by Crippen LogP contribution is 2.43. The molecule has 0 saturated heterocycles. The van der Waals surface area contributed by atoms with Crippen LogP contribution in [0, 0.1) is 0 Å². The van der Waals surface area contributed by atoms with Gasteiger partial charge in [-0.15, -0.1) is 0 Å². The van der Waals surface area contributed by atoms with Gasteiger partial charge in [0, 0.05) is 6.54 Å². The number of anilines is 1. The molecule has 0 atom stereocenters. The lowest BCUT2D eigenvalue weighted by Gasteiger charge is -2.15. The zero-order valence-electron chi connectivity index (χ0n) is 13.3. The highest BCUT2D eigenvalue weighted by Gasteiger charge is 2.19. The molecular weight excluding hydrogens is 302 g/mol. The Labute approximate surface area is 134 Å². The summed E-state index contributed by atoms with van der Waals surface area (Å²) in [6.07, 6.45) is 4.69. The molecule has 0 aliphatic heterocycles. The Balaban J connectivity index is 2.47. The lowest BCUT2D eigenvalue weighted by molar-refractivity contribution is 0.327. The van der Waals surface area contributed by atoms with Gasteiger partial charge in [0.25, 0.3) is 0 Å². The Hall–Kier alpha value is -1.89. The highest BCUT2D eigenvalue weighted by molar-refractivity contribution is 7.98. The summed E-state index contributed by atoms with van der Waals surface area (Å²) in [5.41, 5.74) is 0.697. The number of fused-ring (bicyclic) bond motifs is 1. The maximum Gasteiger partial charge on any atom is 0.205 e. The first-order chi connectivity index (χ1) is 10.8. The van der Waals surface area contributed by atoms with Gasteiger partial charge in [-0.2, -0.15) is 11.8 Å². The van der Waals surface area contributed by atoms with Crippen molar-refractivity contribution in [1.82, 2.24) is 9.97 Å². The van der Waals surface area contributed by atoms with Crippen LogP contribution in [0.5, 0.6) is 17.2 Å². The largest absolute Gasteiger partial charge is 0.493 e. The average Bonchev–Trinajstić information content (AvgIpc) is 2.56. The summed E-state index contributed by atoms with van der Waals surface area (Å²) >= 11 is 1.83. The number of ether oxygens (including phenoxy) is 3. The number of thioether (sulfide) groups is 1. The summed E-state index contributed by atoms with van der Waals surface area (Å²) in [6.45, 7) is 0.851. The number of nitrogens with one attached hydrogen (secondary N) is 1. The van der Waals surface area contributed by atoms with Gasteiger partial charge in [0.1, 0.15) is 17.7 Å². The van der Waals surface area contributed by atoms with Gasteiger partial charge in [-0.1, -0.05) is 0 Å². The van der Waals surface area contributed by atoms with Gasteiger partial charge in [-0.05, 0) is 24.5 Å². The normalized spacial score (nSPS) is 10.5. The fourth-order valence-corrected chi connectivity index (χ4v) is 2.66. The quantitative estimate of drug-likeness (QED) is 0.749. The third kappa shape index (κ3) is 3.30. The van der Waals surface area contributed by atoms with Crippen molar-refractivity contribution in [2.45, 2.75) is 6.42 Å². The molecule has 1 aromatic carbocycles. The van der Waals surface area contributed by atoms with E-state index in [9.17, 15) is 0 Å². The predicted octanol–water partition coefficient (Wildman–Crippen LogP) is 2.82. The molecule has 0 aliphatic carbocycles. The van der Waals surface area contributed by atoms with Gasteiger partial charge in [0.2, 0.25) is 5.75 Å².